The van der Waals surface area contributed by atoms with Crippen LogP contribution in [-0.4, -0.2) is 18.9 Å². The van der Waals surface area contributed by atoms with Gasteiger partial charge in [-0.2, -0.15) is 0 Å². The highest BCUT2D eigenvalue weighted by Gasteiger charge is 2.23. The Morgan fingerprint density at radius 3 is 1.83 bits per heavy atom. The lowest BCUT2D eigenvalue weighted by Crippen LogP contribution is -2.04. The summed E-state index contributed by atoms with van der Waals surface area (Å²) >= 11 is 0. The number of hydrogen-bond acceptors (Lipinski definition) is 2. The number of para-hydroxylation sites is 2. The van der Waals surface area contributed by atoms with Crippen molar-refractivity contribution in [3.63, 3.8) is 0 Å². The Kier molecular flexibility index (Phi) is 5.47. The summed E-state index contributed by atoms with van der Waals surface area (Å²) in [6.45, 7) is 0. The zero-order valence-electron chi connectivity index (χ0n) is 28.0. The van der Waals surface area contributed by atoms with Crippen LogP contribution in [0.25, 0.3) is 110 Å². The Balaban J connectivity index is 1.24. The molecule has 12 aromatic rings. The van der Waals surface area contributed by atoms with Gasteiger partial charge in [0.15, 0.2) is 0 Å². The van der Waals surface area contributed by atoms with Crippen molar-refractivity contribution in [2.45, 2.75) is 0 Å². The van der Waals surface area contributed by atoms with Crippen LogP contribution in [0.5, 0.6) is 0 Å². The molecule has 0 aliphatic carbocycles. The van der Waals surface area contributed by atoms with Gasteiger partial charge in [-0.15, -0.1) is 0 Å². The van der Waals surface area contributed by atoms with Crippen molar-refractivity contribution in [3.05, 3.63) is 170 Å². The molecule has 240 valence electrons. The van der Waals surface area contributed by atoms with Gasteiger partial charge in [-0.3, -0.25) is 4.57 Å². The molecule has 0 bridgehead atoms. The van der Waals surface area contributed by atoms with E-state index in [4.69, 9.17) is 9.97 Å². The summed E-state index contributed by atoms with van der Waals surface area (Å²) < 4.78 is 4.76. The van der Waals surface area contributed by atoms with Crippen molar-refractivity contribution in [1.82, 2.24) is 18.9 Å². The standard InChI is InChI=1S/C48H28N4/c1-3-12-29(13-4-1)31-24-26-33-32(28-31)25-27-38-45(30-14-5-2-6-15-30)49-48(50-46(33)38)52-40-21-10-17-35-37-19-9-18-36-34-16-7-8-20-39(34)51(47(36)37)41-22-11-23-42(52)44(41)43(35)40/h1-28H. The third-order valence-electron chi connectivity index (χ3n) is 11.0. The molecule has 4 nitrogen and oxygen atoms in total. The maximum atomic E-state index is 5.51. The van der Waals surface area contributed by atoms with Crippen molar-refractivity contribution in [2.75, 3.05) is 0 Å². The topological polar surface area (TPSA) is 35.1 Å². The van der Waals surface area contributed by atoms with E-state index in [0.29, 0.717) is 5.95 Å². The van der Waals surface area contributed by atoms with E-state index in [0.717, 1.165) is 44.0 Å². The van der Waals surface area contributed by atoms with E-state index in [2.05, 4.69) is 179 Å². The average molecular weight is 661 g/mol. The van der Waals surface area contributed by atoms with Gasteiger partial charge in [0, 0.05) is 43.3 Å². The highest BCUT2D eigenvalue weighted by molar-refractivity contribution is 6.31. The molecule has 0 amide bonds. The summed E-state index contributed by atoms with van der Waals surface area (Å²) in [6.07, 6.45) is 0. The largest absolute Gasteiger partial charge is 0.308 e. The van der Waals surface area contributed by atoms with Gasteiger partial charge in [0.05, 0.1) is 38.8 Å². The van der Waals surface area contributed by atoms with Crippen LogP contribution in [0.4, 0.5) is 0 Å². The van der Waals surface area contributed by atoms with E-state index in [9.17, 15) is 0 Å². The van der Waals surface area contributed by atoms with E-state index in [1.807, 2.05) is 0 Å². The van der Waals surface area contributed by atoms with Crippen LogP contribution in [0, 0.1) is 0 Å². The Labute approximate surface area is 297 Å². The zero-order valence-corrected chi connectivity index (χ0v) is 28.0. The molecule has 0 atom stereocenters. The second kappa shape index (κ2) is 10.3. The van der Waals surface area contributed by atoms with Crippen LogP contribution in [-0.2, 0) is 0 Å². The molecule has 0 saturated heterocycles. The molecule has 0 spiro atoms. The molecule has 0 unspecified atom stereocenters. The predicted octanol–water partition coefficient (Wildman–Crippen LogP) is 12.4. The third kappa shape index (κ3) is 3.65. The molecular weight excluding hydrogens is 633 g/mol. The minimum Gasteiger partial charge on any atom is -0.308 e. The van der Waals surface area contributed by atoms with E-state index in [1.54, 1.807) is 0 Å². The normalized spacial score (nSPS) is 12.2. The van der Waals surface area contributed by atoms with Crippen LogP contribution in [0.15, 0.2) is 170 Å². The van der Waals surface area contributed by atoms with E-state index in [1.165, 1.54) is 60.0 Å². The van der Waals surface area contributed by atoms with E-state index in [-0.39, 0.29) is 0 Å². The zero-order chi connectivity index (χ0) is 33.9. The Hall–Kier alpha value is -7.04. The first-order chi connectivity index (χ1) is 25.8. The van der Waals surface area contributed by atoms with Gasteiger partial charge in [0.25, 0.3) is 0 Å². The molecule has 0 aliphatic heterocycles. The minimum atomic E-state index is 0.664. The van der Waals surface area contributed by atoms with Gasteiger partial charge in [-0.25, -0.2) is 9.97 Å². The number of benzene rings is 8. The molecule has 0 fully saturated rings. The quantitative estimate of drug-likeness (QED) is 0.177. The lowest BCUT2D eigenvalue weighted by Gasteiger charge is -2.14. The van der Waals surface area contributed by atoms with Crippen LogP contribution in [0.1, 0.15) is 0 Å². The summed E-state index contributed by atoms with van der Waals surface area (Å²) in [5, 5.41) is 10.7. The lowest BCUT2D eigenvalue weighted by molar-refractivity contribution is 1.02. The number of hydrogen-bond donors (Lipinski definition) is 0. The van der Waals surface area contributed by atoms with E-state index < -0.39 is 0 Å². The maximum absolute atomic E-state index is 5.51. The second-order valence-electron chi connectivity index (χ2n) is 13.8. The number of fused-ring (bicyclic) bond motifs is 8. The van der Waals surface area contributed by atoms with Gasteiger partial charge in [0.1, 0.15) is 0 Å². The molecule has 0 radical (unpaired) electrons. The second-order valence-corrected chi connectivity index (χ2v) is 13.8. The minimum absolute atomic E-state index is 0.664. The van der Waals surface area contributed by atoms with Crippen molar-refractivity contribution in [3.8, 4) is 28.3 Å². The molecule has 0 aliphatic rings. The SMILES string of the molecule is c1ccc(-c2ccc3c(ccc4c(-c5ccccc5)nc(-n5c6cccc7c8cccc9c%10ccccc%10n(c%10cccc5c%10c76)c89)nc43)c2)cc1. The molecule has 52 heavy (non-hydrogen) atoms. The van der Waals surface area contributed by atoms with Crippen LogP contribution in [0.2, 0.25) is 0 Å². The van der Waals surface area contributed by atoms with Crippen LogP contribution in [0.3, 0.4) is 0 Å². The van der Waals surface area contributed by atoms with Gasteiger partial charge < -0.3 is 4.40 Å². The average Bonchev–Trinajstić information content (AvgIpc) is 3.70. The molecule has 0 saturated carbocycles. The summed E-state index contributed by atoms with van der Waals surface area (Å²) in [7, 11) is 0. The molecule has 8 aromatic carbocycles. The fourth-order valence-corrected chi connectivity index (χ4v) is 8.84. The van der Waals surface area contributed by atoms with Gasteiger partial charge in [-0.1, -0.05) is 133 Å². The fraction of sp³-hybridized carbons (Fsp3) is 0. The first-order valence-corrected chi connectivity index (χ1v) is 17.8. The first-order valence-electron chi connectivity index (χ1n) is 17.8. The van der Waals surface area contributed by atoms with Crippen molar-refractivity contribution < 1.29 is 0 Å². The highest BCUT2D eigenvalue weighted by Crippen LogP contribution is 2.44. The van der Waals surface area contributed by atoms with Crippen molar-refractivity contribution >= 4 is 81.6 Å². The van der Waals surface area contributed by atoms with Crippen LogP contribution >= 0.6 is 0 Å². The number of nitrogens with zero attached hydrogens (tertiary/aromatic N) is 4. The summed E-state index contributed by atoms with van der Waals surface area (Å²) in [5.41, 5.74) is 11.1. The van der Waals surface area contributed by atoms with Crippen molar-refractivity contribution in [2.24, 2.45) is 0 Å². The molecule has 4 heteroatoms. The fourth-order valence-electron chi connectivity index (χ4n) is 8.84. The van der Waals surface area contributed by atoms with Gasteiger partial charge in [0.2, 0.25) is 5.95 Å². The lowest BCUT2D eigenvalue weighted by atomic mass is 9.98. The molecular formula is C48H28N4. The molecule has 4 aromatic heterocycles. The first kappa shape index (κ1) is 27.7. The smallest absolute Gasteiger partial charge is 0.235 e. The third-order valence-corrected chi connectivity index (χ3v) is 11.0. The molecule has 4 heterocycles. The maximum Gasteiger partial charge on any atom is 0.235 e. The predicted molar refractivity (Wildman–Crippen MR) is 217 cm³/mol. The van der Waals surface area contributed by atoms with Gasteiger partial charge in [-0.05, 0) is 58.3 Å². The summed E-state index contributed by atoms with van der Waals surface area (Å²) in [4.78, 5) is 11.0. The Morgan fingerprint density at radius 2 is 0.981 bits per heavy atom. The Bertz CT molecular complexity index is 3390. The van der Waals surface area contributed by atoms with Crippen molar-refractivity contribution in [1.29, 1.82) is 0 Å². The molecule has 0 N–H and O–H groups in total. The van der Waals surface area contributed by atoms with Gasteiger partial charge >= 0.3 is 0 Å². The number of aromatic nitrogens is 4. The van der Waals surface area contributed by atoms with Crippen LogP contribution < -0.4 is 0 Å². The summed E-state index contributed by atoms with van der Waals surface area (Å²) in [5.74, 6) is 0.664. The number of rotatable bonds is 3. The monoisotopic (exact) mass is 660 g/mol. The molecule has 12 rings (SSSR count). The van der Waals surface area contributed by atoms with E-state index >= 15 is 0 Å². The summed E-state index contributed by atoms with van der Waals surface area (Å²) in [6, 6.07) is 61.1. The highest BCUT2D eigenvalue weighted by atomic mass is 15.2. The Morgan fingerprint density at radius 1 is 0.365 bits per heavy atom.